The lowest BCUT2D eigenvalue weighted by Crippen LogP contribution is -2.45. The number of pyridine rings is 1. The highest BCUT2D eigenvalue weighted by Gasteiger charge is 2.30. The normalized spacial score (nSPS) is 15.1. The molecular weight excluding hydrogens is 512 g/mol. The third kappa shape index (κ3) is 5.87. The average Bonchev–Trinajstić information content (AvgIpc) is 2.93. The van der Waals surface area contributed by atoms with E-state index >= 15 is 0 Å². The number of anilines is 1. The number of methoxy groups -OCH3 is 3. The van der Waals surface area contributed by atoms with E-state index in [9.17, 15) is 18.9 Å². The number of rotatable bonds is 10. The predicted molar refractivity (Wildman–Crippen MR) is 142 cm³/mol. The molecule has 1 atom stereocenters. The number of hydrogen-bond acceptors (Lipinski definition) is 9. The highest BCUT2D eigenvalue weighted by molar-refractivity contribution is 7.80. The summed E-state index contributed by atoms with van der Waals surface area (Å²) in [6, 6.07) is 13.2. The van der Waals surface area contributed by atoms with Gasteiger partial charge in [0.15, 0.2) is 11.5 Å². The Morgan fingerprint density at radius 1 is 1.05 bits per heavy atom. The molecule has 0 N–H and O–H groups in total. The van der Waals surface area contributed by atoms with Gasteiger partial charge in [-0.05, 0) is 48.7 Å². The van der Waals surface area contributed by atoms with E-state index in [0.29, 0.717) is 49.7 Å². The summed E-state index contributed by atoms with van der Waals surface area (Å²) < 4.78 is 41.7. The van der Waals surface area contributed by atoms with Gasteiger partial charge in [-0.15, -0.1) is 0 Å². The monoisotopic (exact) mass is 541 g/mol. The third-order valence-corrected chi connectivity index (χ3v) is 7.37. The number of piperidine rings is 1. The molecule has 1 aliphatic rings. The number of nitrogens with zero attached hydrogens (tertiary/aromatic N) is 4. The molecule has 1 unspecified atom stereocenters. The maximum absolute atomic E-state index is 12.1. The molecule has 1 fully saturated rings. The van der Waals surface area contributed by atoms with Crippen LogP contribution in [0.3, 0.4) is 0 Å². The van der Waals surface area contributed by atoms with Gasteiger partial charge in [-0.2, -0.15) is 0 Å². The van der Waals surface area contributed by atoms with Crippen LogP contribution in [0.15, 0.2) is 54.7 Å². The number of likely N-dealkylation sites (tertiary alicyclic amines) is 1. The Balaban J connectivity index is 1.48. The summed E-state index contributed by atoms with van der Waals surface area (Å²) in [6.07, 6.45) is 2.84. The van der Waals surface area contributed by atoms with Crippen molar-refractivity contribution in [1.29, 1.82) is 0 Å². The van der Waals surface area contributed by atoms with Crippen molar-refractivity contribution < 1.29 is 27.9 Å². The predicted octanol–water partition coefficient (Wildman–Crippen LogP) is 3.95. The average molecular weight is 542 g/mol. The standard InChI is InChI=1S/C26H30N4O7S/c1-35-24-15-19(16-25(36-2)26(24)37-3)21-14-18(8-11-27-21)17-28-12-9-20(10-13-28)29(38(33)34)22-6-4-5-7-23(22)30(31)32/h4-8,11,14-16,20H,9-10,12-13,17H2,1-3H3,(H,33,34)/p-1. The second kappa shape index (κ2) is 12.2. The van der Waals surface area contributed by atoms with Gasteiger partial charge in [0.1, 0.15) is 5.69 Å². The van der Waals surface area contributed by atoms with Crippen molar-refractivity contribution in [3.8, 4) is 28.5 Å². The molecule has 38 heavy (non-hydrogen) atoms. The van der Waals surface area contributed by atoms with Gasteiger partial charge in [-0.1, -0.05) is 12.1 Å². The molecule has 2 aromatic carbocycles. The minimum Gasteiger partial charge on any atom is -0.755 e. The number of para-hydroxylation sites is 2. The summed E-state index contributed by atoms with van der Waals surface area (Å²) in [5, 5.41) is 11.5. The summed E-state index contributed by atoms with van der Waals surface area (Å²) in [5.74, 6) is 1.58. The molecule has 4 rings (SSSR count). The molecule has 0 bridgehead atoms. The minimum atomic E-state index is -2.64. The zero-order chi connectivity index (χ0) is 27.2. The Labute approximate surface area is 223 Å². The van der Waals surface area contributed by atoms with Crippen molar-refractivity contribution >= 4 is 22.6 Å². The molecule has 11 nitrogen and oxygen atoms in total. The zero-order valence-corrected chi connectivity index (χ0v) is 22.2. The number of hydrogen-bond donors (Lipinski definition) is 0. The summed E-state index contributed by atoms with van der Waals surface area (Å²) in [5.41, 5.74) is 2.48. The van der Waals surface area contributed by atoms with Crippen LogP contribution in [0.2, 0.25) is 0 Å². The molecule has 3 aromatic rings. The Morgan fingerprint density at radius 3 is 2.29 bits per heavy atom. The molecule has 0 spiro atoms. The number of nitro groups is 1. The Hall–Kier alpha value is -3.74. The fourth-order valence-corrected chi connectivity index (χ4v) is 5.50. The van der Waals surface area contributed by atoms with Crippen molar-refractivity contribution in [2.75, 3.05) is 38.7 Å². The van der Waals surface area contributed by atoms with Gasteiger partial charge in [0, 0.05) is 54.8 Å². The van der Waals surface area contributed by atoms with Crippen molar-refractivity contribution in [2.24, 2.45) is 0 Å². The number of ether oxygens (including phenoxy) is 3. The van der Waals surface area contributed by atoms with E-state index in [1.54, 1.807) is 33.6 Å². The maximum atomic E-state index is 12.1. The van der Waals surface area contributed by atoms with Crippen LogP contribution in [-0.4, -0.2) is 64.0 Å². The fraction of sp³-hybridized carbons (Fsp3) is 0.346. The molecule has 0 saturated carbocycles. The lowest BCUT2D eigenvalue weighted by atomic mass is 10.0. The van der Waals surface area contributed by atoms with Gasteiger partial charge in [-0.3, -0.25) is 28.5 Å². The van der Waals surface area contributed by atoms with E-state index in [1.807, 2.05) is 24.3 Å². The summed E-state index contributed by atoms with van der Waals surface area (Å²) in [4.78, 5) is 17.7. The first-order valence-electron chi connectivity index (χ1n) is 12.0. The number of nitro benzene ring substituents is 1. The van der Waals surface area contributed by atoms with Crippen LogP contribution in [0.5, 0.6) is 17.2 Å². The first kappa shape index (κ1) is 27.3. The van der Waals surface area contributed by atoms with E-state index in [-0.39, 0.29) is 17.4 Å². The Kier molecular flexibility index (Phi) is 8.77. The third-order valence-electron chi connectivity index (χ3n) is 6.56. The molecule has 0 radical (unpaired) electrons. The number of aromatic nitrogens is 1. The van der Waals surface area contributed by atoms with Crippen LogP contribution < -0.4 is 18.5 Å². The smallest absolute Gasteiger partial charge is 0.293 e. The minimum absolute atomic E-state index is 0.0911. The Morgan fingerprint density at radius 2 is 1.71 bits per heavy atom. The van der Waals surface area contributed by atoms with E-state index < -0.39 is 16.2 Å². The van der Waals surface area contributed by atoms with Crippen molar-refractivity contribution in [3.05, 3.63) is 70.4 Å². The van der Waals surface area contributed by atoms with Crippen molar-refractivity contribution in [1.82, 2.24) is 9.88 Å². The molecular formula is C26H29N4O7S-. The van der Waals surface area contributed by atoms with Crippen molar-refractivity contribution in [3.63, 3.8) is 0 Å². The highest BCUT2D eigenvalue weighted by atomic mass is 32.2. The van der Waals surface area contributed by atoms with E-state index in [0.717, 1.165) is 21.1 Å². The summed E-state index contributed by atoms with van der Waals surface area (Å²) >= 11 is -2.64. The van der Waals surface area contributed by atoms with Crippen LogP contribution in [0.4, 0.5) is 11.4 Å². The van der Waals surface area contributed by atoms with Gasteiger partial charge in [0.2, 0.25) is 5.75 Å². The summed E-state index contributed by atoms with van der Waals surface area (Å²) in [7, 11) is 4.68. The molecule has 2 heterocycles. The van der Waals surface area contributed by atoms with Gasteiger partial charge >= 0.3 is 0 Å². The Bertz CT molecular complexity index is 1290. The van der Waals surface area contributed by atoms with Crippen LogP contribution >= 0.6 is 0 Å². The fourth-order valence-electron chi connectivity index (χ4n) is 4.73. The van der Waals surface area contributed by atoms with Gasteiger partial charge in [0.05, 0.1) is 31.9 Å². The molecule has 202 valence electrons. The van der Waals surface area contributed by atoms with Crippen LogP contribution in [-0.2, 0) is 17.8 Å². The molecule has 12 heteroatoms. The molecule has 0 amide bonds. The van der Waals surface area contributed by atoms with E-state index in [1.165, 1.54) is 18.2 Å². The molecule has 1 aliphatic heterocycles. The first-order valence-corrected chi connectivity index (χ1v) is 13.0. The largest absolute Gasteiger partial charge is 0.755 e. The molecule has 1 aromatic heterocycles. The van der Waals surface area contributed by atoms with E-state index in [4.69, 9.17) is 14.2 Å². The highest BCUT2D eigenvalue weighted by Crippen LogP contribution is 2.41. The van der Waals surface area contributed by atoms with E-state index in [2.05, 4.69) is 9.88 Å². The lowest BCUT2D eigenvalue weighted by Gasteiger charge is -2.39. The maximum Gasteiger partial charge on any atom is 0.293 e. The molecule has 0 aliphatic carbocycles. The van der Waals surface area contributed by atoms with Gasteiger partial charge in [-0.25, -0.2) is 0 Å². The van der Waals surface area contributed by atoms with Crippen molar-refractivity contribution in [2.45, 2.75) is 25.4 Å². The quantitative estimate of drug-likeness (QED) is 0.213. The lowest BCUT2D eigenvalue weighted by molar-refractivity contribution is -0.384. The van der Waals surface area contributed by atoms with Gasteiger partial charge in [0.25, 0.3) is 5.69 Å². The topological polar surface area (TPSA) is 130 Å². The second-order valence-electron chi connectivity index (χ2n) is 8.76. The van der Waals surface area contributed by atoms with Crippen LogP contribution in [0.25, 0.3) is 11.3 Å². The van der Waals surface area contributed by atoms with Gasteiger partial charge < -0.3 is 18.8 Å². The second-order valence-corrected chi connectivity index (χ2v) is 9.59. The summed E-state index contributed by atoms with van der Waals surface area (Å²) in [6.45, 7) is 1.93. The number of benzene rings is 2. The van der Waals surface area contributed by atoms with Crippen LogP contribution in [0, 0.1) is 10.1 Å². The SMILES string of the molecule is COc1cc(-c2cc(CN3CCC(N(c4ccccc4[N+](=O)[O-])S(=O)[O-])CC3)ccn2)cc(OC)c1OC. The van der Waals surface area contributed by atoms with Crippen LogP contribution in [0.1, 0.15) is 18.4 Å². The first-order chi connectivity index (χ1) is 18.4. The zero-order valence-electron chi connectivity index (χ0n) is 21.4. The molecule has 1 saturated heterocycles.